The SMILES string of the molecule is c1ccc(-c2nc3cc4c(cc3n2-c2ccccc2)nc(-c2ccccc2)n4-c2ccccc2)cc1. The molecule has 7 rings (SSSR count). The van der Waals surface area contributed by atoms with E-state index in [1.54, 1.807) is 0 Å². The number of aromatic nitrogens is 4. The quantitative estimate of drug-likeness (QED) is 0.269. The van der Waals surface area contributed by atoms with Gasteiger partial charge in [0.15, 0.2) is 0 Å². The first-order valence-corrected chi connectivity index (χ1v) is 12.0. The third-order valence-electron chi connectivity index (χ3n) is 6.52. The van der Waals surface area contributed by atoms with E-state index in [-0.39, 0.29) is 0 Å². The molecule has 7 aromatic rings. The molecule has 0 fully saturated rings. The molecule has 0 saturated carbocycles. The second-order valence-corrected chi connectivity index (χ2v) is 8.77. The molecular formula is C32H22N4. The first kappa shape index (κ1) is 20.4. The molecule has 0 amide bonds. The van der Waals surface area contributed by atoms with Gasteiger partial charge in [-0.25, -0.2) is 9.97 Å². The number of fused-ring (bicyclic) bond motifs is 2. The van der Waals surface area contributed by atoms with E-state index < -0.39 is 0 Å². The van der Waals surface area contributed by atoms with Crippen LogP contribution in [0, 0.1) is 0 Å². The average molecular weight is 463 g/mol. The molecule has 2 aromatic heterocycles. The Kier molecular flexibility index (Phi) is 4.74. The van der Waals surface area contributed by atoms with Gasteiger partial charge in [0.05, 0.1) is 22.1 Å². The zero-order chi connectivity index (χ0) is 23.9. The minimum atomic E-state index is 0.916. The second kappa shape index (κ2) is 8.36. The van der Waals surface area contributed by atoms with Crippen LogP contribution in [-0.2, 0) is 0 Å². The molecule has 5 aromatic carbocycles. The van der Waals surface area contributed by atoms with Crippen molar-refractivity contribution in [2.75, 3.05) is 0 Å². The molecule has 0 unspecified atom stereocenters. The van der Waals surface area contributed by atoms with Gasteiger partial charge in [0.2, 0.25) is 0 Å². The van der Waals surface area contributed by atoms with E-state index in [1.165, 1.54) is 0 Å². The standard InChI is InChI=1S/C32H22N4/c1-5-13-23(14-6-1)31-33-27-21-30-28(22-29(27)35(31)25-17-9-3-10-18-25)34-32(24-15-7-2-8-16-24)36(30)26-19-11-4-12-20-26/h1-22H. The lowest BCUT2D eigenvalue weighted by Gasteiger charge is -2.10. The fourth-order valence-electron chi connectivity index (χ4n) is 4.89. The summed E-state index contributed by atoms with van der Waals surface area (Å²) in [4.78, 5) is 10.3. The molecule has 0 bridgehead atoms. The molecular weight excluding hydrogens is 440 g/mol. The van der Waals surface area contributed by atoms with Gasteiger partial charge in [-0.15, -0.1) is 0 Å². The summed E-state index contributed by atoms with van der Waals surface area (Å²) in [6.45, 7) is 0. The highest BCUT2D eigenvalue weighted by Gasteiger charge is 2.19. The lowest BCUT2D eigenvalue weighted by atomic mass is 10.2. The minimum absolute atomic E-state index is 0.916. The topological polar surface area (TPSA) is 35.6 Å². The van der Waals surface area contributed by atoms with Crippen molar-refractivity contribution in [3.63, 3.8) is 0 Å². The summed E-state index contributed by atoms with van der Waals surface area (Å²) < 4.78 is 4.46. The van der Waals surface area contributed by atoms with Crippen molar-refractivity contribution in [1.29, 1.82) is 0 Å². The van der Waals surface area contributed by atoms with Gasteiger partial charge in [-0.2, -0.15) is 0 Å². The summed E-state index contributed by atoms with van der Waals surface area (Å²) in [5.74, 6) is 1.83. The maximum atomic E-state index is 5.15. The van der Waals surface area contributed by atoms with Gasteiger partial charge in [0, 0.05) is 22.5 Å². The Bertz CT molecular complexity index is 1660. The van der Waals surface area contributed by atoms with E-state index in [4.69, 9.17) is 9.97 Å². The highest BCUT2D eigenvalue weighted by atomic mass is 15.1. The molecule has 0 aliphatic heterocycles. The maximum Gasteiger partial charge on any atom is 0.145 e. The fourth-order valence-corrected chi connectivity index (χ4v) is 4.89. The van der Waals surface area contributed by atoms with Crippen LogP contribution in [0.15, 0.2) is 133 Å². The van der Waals surface area contributed by atoms with E-state index >= 15 is 0 Å². The molecule has 0 saturated heterocycles. The van der Waals surface area contributed by atoms with Crippen molar-refractivity contribution in [1.82, 2.24) is 19.1 Å². The fraction of sp³-hybridized carbons (Fsp3) is 0. The Hall–Kier alpha value is -4.96. The highest BCUT2D eigenvalue weighted by molar-refractivity contribution is 5.97. The molecule has 0 radical (unpaired) electrons. The van der Waals surface area contributed by atoms with Gasteiger partial charge in [-0.1, -0.05) is 97.1 Å². The Morgan fingerprint density at radius 3 is 1.08 bits per heavy atom. The number of hydrogen-bond donors (Lipinski definition) is 0. The normalized spacial score (nSPS) is 11.3. The van der Waals surface area contributed by atoms with Crippen LogP contribution in [0.2, 0.25) is 0 Å². The van der Waals surface area contributed by atoms with E-state index in [1.807, 2.05) is 24.3 Å². The molecule has 4 heteroatoms. The van der Waals surface area contributed by atoms with Crippen LogP contribution in [0.5, 0.6) is 0 Å². The van der Waals surface area contributed by atoms with Crippen LogP contribution in [0.1, 0.15) is 0 Å². The zero-order valence-corrected chi connectivity index (χ0v) is 19.5. The maximum absolute atomic E-state index is 5.15. The van der Waals surface area contributed by atoms with Crippen LogP contribution in [0.3, 0.4) is 0 Å². The molecule has 2 heterocycles. The predicted octanol–water partition coefficient (Wildman–Crippen LogP) is 7.70. The number of imidazole rings is 2. The van der Waals surface area contributed by atoms with E-state index in [0.29, 0.717) is 0 Å². The highest BCUT2D eigenvalue weighted by Crippen LogP contribution is 2.34. The van der Waals surface area contributed by atoms with Gasteiger partial charge in [0.25, 0.3) is 0 Å². The van der Waals surface area contributed by atoms with Crippen molar-refractivity contribution < 1.29 is 0 Å². The number of benzene rings is 5. The molecule has 0 atom stereocenters. The summed E-state index contributed by atoms with van der Waals surface area (Å²) in [6.07, 6.45) is 0. The lowest BCUT2D eigenvalue weighted by Crippen LogP contribution is -1.97. The summed E-state index contributed by atoms with van der Waals surface area (Å²) in [5, 5.41) is 0. The number of hydrogen-bond acceptors (Lipinski definition) is 2. The van der Waals surface area contributed by atoms with Crippen molar-refractivity contribution in [3.05, 3.63) is 133 Å². The van der Waals surface area contributed by atoms with E-state index in [9.17, 15) is 0 Å². The minimum Gasteiger partial charge on any atom is -0.292 e. The Labute approximate surface area is 208 Å². The summed E-state index contributed by atoms with van der Waals surface area (Å²) >= 11 is 0. The molecule has 0 N–H and O–H groups in total. The zero-order valence-electron chi connectivity index (χ0n) is 19.5. The van der Waals surface area contributed by atoms with Gasteiger partial charge in [-0.3, -0.25) is 9.13 Å². The summed E-state index contributed by atoms with van der Waals surface area (Å²) in [6, 6.07) is 45.9. The van der Waals surface area contributed by atoms with Crippen molar-refractivity contribution in [2.24, 2.45) is 0 Å². The smallest absolute Gasteiger partial charge is 0.145 e. The van der Waals surface area contributed by atoms with Gasteiger partial charge >= 0.3 is 0 Å². The monoisotopic (exact) mass is 462 g/mol. The molecule has 0 aliphatic carbocycles. The predicted molar refractivity (Wildman–Crippen MR) is 147 cm³/mol. The lowest BCUT2D eigenvalue weighted by molar-refractivity contribution is 1.10. The number of nitrogens with zero attached hydrogens (tertiary/aromatic N) is 4. The van der Waals surface area contributed by atoms with Crippen LogP contribution >= 0.6 is 0 Å². The van der Waals surface area contributed by atoms with E-state index in [0.717, 1.165) is 56.2 Å². The molecule has 0 spiro atoms. The van der Waals surface area contributed by atoms with Crippen molar-refractivity contribution >= 4 is 22.1 Å². The second-order valence-electron chi connectivity index (χ2n) is 8.77. The van der Waals surface area contributed by atoms with Crippen LogP contribution < -0.4 is 0 Å². The van der Waals surface area contributed by atoms with Gasteiger partial charge < -0.3 is 0 Å². The number of para-hydroxylation sites is 2. The summed E-state index contributed by atoms with van der Waals surface area (Å²) in [5.41, 5.74) is 8.23. The molecule has 170 valence electrons. The molecule has 4 nitrogen and oxygen atoms in total. The molecule has 36 heavy (non-hydrogen) atoms. The van der Waals surface area contributed by atoms with Crippen molar-refractivity contribution in [3.8, 4) is 34.2 Å². The third kappa shape index (κ3) is 3.31. The van der Waals surface area contributed by atoms with Crippen LogP contribution in [0.25, 0.3) is 56.2 Å². The van der Waals surface area contributed by atoms with Gasteiger partial charge in [-0.05, 0) is 36.4 Å². The summed E-state index contributed by atoms with van der Waals surface area (Å²) in [7, 11) is 0. The first-order valence-electron chi connectivity index (χ1n) is 12.0. The third-order valence-corrected chi connectivity index (χ3v) is 6.52. The van der Waals surface area contributed by atoms with Crippen LogP contribution in [0.4, 0.5) is 0 Å². The molecule has 0 aliphatic rings. The number of rotatable bonds is 4. The Morgan fingerprint density at radius 2 is 0.722 bits per heavy atom. The average Bonchev–Trinajstić information content (AvgIpc) is 3.52. The Balaban J connectivity index is 1.57. The Morgan fingerprint density at radius 1 is 0.389 bits per heavy atom. The first-order chi connectivity index (χ1) is 17.9. The van der Waals surface area contributed by atoms with Crippen LogP contribution in [-0.4, -0.2) is 19.1 Å². The van der Waals surface area contributed by atoms with Gasteiger partial charge in [0.1, 0.15) is 11.6 Å². The largest absolute Gasteiger partial charge is 0.292 e. The van der Waals surface area contributed by atoms with E-state index in [2.05, 4.69) is 118 Å². The van der Waals surface area contributed by atoms with Crippen molar-refractivity contribution in [2.45, 2.75) is 0 Å².